The summed E-state index contributed by atoms with van der Waals surface area (Å²) in [5, 5.41) is 15.9. The minimum Gasteiger partial charge on any atom is -0.0610 e. The summed E-state index contributed by atoms with van der Waals surface area (Å²) in [5.41, 5.74) is 18.2. The Bertz CT molecular complexity index is 3520. The highest BCUT2D eigenvalue weighted by Crippen LogP contribution is 2.51. The molecule has 0 saturated carbocycles. The van der Waals surface area contributed by atoms with Gasteiger partial charge in [-0.15, -0.1) is 0 Å². The topological polar surface area (TPSA) is 0 Å². The van der Waals surface area contributed by atoms with Crippen LogP contribution in [0.15, 0.2) is 182 Å². The predicted octanol–water partition coefficient (Wildman–Crippen LogP) is 17.1. The highest BCUT2D eigenvalue weighted by molar-refractivity contribution is 6.26. The van der Waals surface area contributed by atoms with E-state index >= 15 is 0 Å². The first-order valence-electron chi connectivity index (χ1n) is 21.7. The Balaban J connectivity index is 0.836. The Morgan fingerprint density at radius 3 is 0.984 bits per heavy atom. The van der Waals surface area contributed by atoms with E-state index in [4.69, 9.17) is 0 Å². The van der Waals surface area contributed by atoms with Crippen LogP contribution in [0.3, 0.4) is 0 Å². The van der Waals surface area contributed by atoms with Gasteiger partial charge in [0, 0.05) is 5.41 Å². The molecule has 0 unspecified atom stereocenters. The second-order valence-electron chi connectivity index (χ2n) is 18.1. The number of fused-ring (bicyclic) bond motifs is 3. The average Bonchev–Trinajstić information content (AvgIpc) is 3.51. The molecule has 0 nitrogen and oxygen atoms in total. The first kappa shape index (κ1) is 34.6. The van der Waals surface area contributed by atoms with E-state index in [9.17, 15) is 0 Å². The molecule has 61 heavy (non-hydrogen) atoms. The van der Waals surface area contributed by atoms with Crippen molar-refractivity contribution in [3.63, 3.8) is 0 Å². The van der Waals surface area contributed by atoms with Crippen LogP contribution in [0.2, 0.25) is 0 Å². The molecule has 0 heteroatoms. The van der Waals surface area contributed by atoms with Gasteiger partial charge >= 0.3 is 0 Å². The number of hydrogen-bond donors (Lipinski definition) is 0. The van der Waals surface area contributed by atoms with Crippen molar-refractivity contribution in [2.45, 2.75) is 33.1 Å². The monoisotopic (exact) mass is 774 g/mol. The van der Waals surface area contributed by atoms with Crippen LogP contribution < -0.4 is 0 Å². The van der Waals surface area contributed by atoms with E-state index < -0.39 is 0 Å². The number of aryl methyl sites for hydroxylation is 2. The molecule has 286 valence electrons. The molecule has 13 rings (SSSR count). The van der Waals surface area contributed by atoms with Crippen LogP contribution in [0.5, 0.6) is 0 Å². The van der Waals surface area contributed by atoms with E-state index in [2.05, 4.69) is 210 Å². The summed E-state index contributed by atoms with van der Waals surface area (Å²) in [5.74, 6) is 0. The summed E-state index contributed by atoms with van der Waals surface area (Å²) in [6, 6.07) is 69.2. The van der Waals surface area contributed by atoms with Crippen molar-refractivity contribution in [3.8, 4) is 55.6 Å². The van der Waals surface area contributed by atoms with Crippen molar-refractivity contribution in [1.82, 2.24) is 0 Å². The molecule has 0 spiro atoms. The normalized spacial score (nSPS) is 13.4. The second kappa shape index (κ2) is 12.4. The fourth-order valence-electron chi connectivity index (χ4n) is 11.4. The van der Waals surface area contributed by atoms with Crippen LogP contribution in [0.4, 0.5) is 0 Å². The lowest BCUT2D eigenvalue weighted by Gasteiger charge is -2.23. The maximum Gasteiger partial charge on any atom is 0.0159 e. The van der Waals surface area contributed by atoms with Gasteiger partial charge in [-0.3, -0.25) is 0 Å². The van der Waals surface area contributed by atoms with Crippen molar-refractivity contribution in [2.75, 3.05) is 0 Å². The molecular weight excluding hydrogens is 733 g/mol. The molecule has 0 N–H and O–H groups in total. The third-order valence-electron chi connectivity index (χ3n) is 14.4. The third kappa shape index (κ3) is 4.88. The molecule has 0 saturated heterocycles. The molecule has 12 aromatic rings. The average molecular weight is 775 g/mol. The number of hydrogen-bond acceptors (Lipinski definition) is 0. The van der Waals surface area contributed by atoms with E-state index in [1.54, 1.807) is 0 Å². The van der Waals surface area contributed by atoms with Crippen LogP contribution in [-0.2, 0) is 5.41 Å². The number of benzene rings is 12. The second-order valence-corrected chi connectivity index (χ2v) is 18.1. The summed E-state index contributed by atoms with van der Waals surface area (Å²) >= 11 is 0. The minimum atomic E-state index is -0.137. The predicted molar refractivity (Wildman–Crippen MR) is 263 cm³/mol. The Hall–Kier alpha value is -7.28. The van der Waals surface area contributed by atoms with E-state index in [1.165, 1.54) is 143 Å². The van der Waals surface area contributed by atoms with Crippen molar-refractivity contribution >= 4 is 64.6 Å². The van der Waals surface area contributed by atoms with Crippen LogP contribution in [0.1, 0.15) is 36.1 Å². The lowest BCUT2D eigenvalue weighted by molar-refractivity contribution is 0.661. The van der Waals surface area contributed by atoms with Gasteiger partial charge in [-0.05, 0) is 169 Å². The zero-order valence-corrected chi connectivity index (χ0v) is 34.8. The Kier molecular flexibility index (Phi) is 7.02. The molecule has 1 aliphatic carbocycles. The van der Waals surface area contributed by atoms with Gasteiger partial charge in [0.05, 0.1) is 0 Å². The number of rotatable bonds is 4. The summed E-state index contributed by atoms with van der Waals surface area (Å²) in [6.07, 6.45) is 0. The van der Waals surface area contributed by atoms with E-state index in [-0.39, 0.29) is 5.41 Å². The van der Waals surface area contributed by atoms with Gasteiger partial charge < -0.3 is 0 Å². The van der Waals surface area contributed by atoms with Gasteiger partial charge in [-0.25, -0.2) is 0 Å². The molecule has 0 heterocycles. The summed E-state index contributed by atoms with van der Waals surface area (Å²) < 4.78 is 0. The first-order valence-corrected chi connectivity index (χ1v) is 21.7. The maximum absolute atomic E-state index is 2.46. The molecule has 12 aromatic carbocycles. The highest BCUT2D eigenvalue weighted by atomic mass is 14.4. The summed E-state index contributed by atoms with van der Waals surface area (Å²) in [4.78, 5) is 0. The first-order chi connectivity index (χ1) is 29.8. The Labute approximate surface area is 356 Å². The van der Waals surface area contributed by atoms with Crippen LogP contribution in [0, 0.1) is 13.8 Å². The van der Waals surface area contributed by atoms with Crippen LogP contribution in [0.25, 0.3) is 120 Å². The standard InChI is InChI=1S/C61H42/c1-35-31-43(49-25-15-41-13-11-37-7-5-9-39-17-29-53(49)59(41)57(37)39)19-23-47(35)45-21-27-51-52-28-22-46(34-56(52)61(3,4)55(51)33-45)48-24-20-44(32-36(48)2)50-26-16-42-14-12-38-8-6-10-40-18-30-54(50)60(42)58(38)40/h5-34H,1-4H3. The van der Waals surface area contributed by atoms with Crippen LogP contribution in [-0.4, -0.2) is 0 Å². The van der Waals surface area contributed by atoms with Crippen molar-refractivity contribution in [3.05, 3.63) is 204 Å². The Morgan fingerprint density at radius 2 is 0.590 bits per heavy atom. The van der Waals surface area contributed by atoms with Gasteiger partial charge in [-0.1, -0.05) is 184 Å². The van der Waals surface area contributed by atoms with Crippen molar-refractivity contribution < 1.29 is 0 Å². The molecule has 0 aromatic heterocycles. The fourth-order valence-corrected chi connectivity index (χ4v) is 11.4. The molecule has 0 amide bonds. The summed E-state index contributed by atoms with van der Waals surface area (Å²) in [6.45, 7) is 9.34. The SMILES string of the molecule is Cc1cc(-c2ccc3ccc4cccc5ccc2c3c45)ccc1-c1ccc2c(c1)C(C)(C)c1cc(-c3ccc(-c4ccc5ccc6cccc7ccc4c5c67)cc3C)ccc1-2. The van der Waals surface area contributed by atoms with E-state index in [1.807, 2.05) is 0 Å². The van der Waals surface area contributed by atoms with Gasteiger partial charge in [0.1, 0.15) is 0 Å². The largest absolute Gasteiger partial charge is 0.0610 e. The van der Waals surface area contributed by atoms with E-state index in [0.717, 1.165) is 0 Å². The fraction of sp³-hybridized carbons (Fsp3) is 0.0820. The highest BCUT2D eigenvalue weighted by Gasteiger charge is 2.36. The minimum absolute atomic E-state index is 0.137. The molecule has 0 fully saturated rings. The maximum atomic E-state index is 2.46. The summed E-state index contributed by atoms with van der Waals surface area (Å²) in [7, 11) is 0. The van der Waals surface area contributed by atoms with Gasteiger partial charge in [0.15, 0.2) is 0 Å². The lowest BCUT2D eigenvalue weighted by atomic mass is 9.80. The molecule has 0 atom stereocenters. The molecule has 0 bridgehead atoms. The molecule has 0 radical (unpaired) electrons. The third-order valence-corrected chi connectivity index (χ3v) is 14.4. The lowest BCUT2D eigenvalue weighted by Crippen LogP contribution is -2.15. The zero-order valence-electron chi connectivity index (χ0n) is 34.8. The van der Waals surface area contributed by atoms with Crippen molar-refractivity contribution in [2.24, 2.45) is 0 Å². The van der Waals surface area contributed by atoms with Gasteiger partial charge in [0.2, 0.25) is 0 Å². The van der Waals surface area contributed by atoms with E-state index in [0.29, 0.717) is 0 Å². The molecule has 1 aliphatic rings. The van der Waals surface area contributed by atoms with Gasteiger partial charge in [-0.2, -0.15) is 0 Å². The molecule has 0 aliphatic heterocycles. The smallest absolute Gasteiger partial charge is 0.0159 e. The van der Waals surface area contributed by atoms with Crippen molar-refractivity contribution in [1.29, 1.82) is 0 Å². The molecular formula is C61H42. The van der Waals surface area contributed by atoms with Crippen LogP contribution >= 0.6 is 0 Å². The quantitative estimate of drug-likeness (QED) is 0.156. The van der Waals surface area contributed by atoms with Gasteiger partial charge in [0.25, 0.3) is 0 Å². The zero-order chi connectivity index (χ0) is 40.7. The Morgan fingerprint density at radius 1 is 0.279 bits per heavy atom.